The quantitative estimate of drug-likeness (QED) is 0.720. The lowest BCUT2D eigenvalue weighted by molar-refractivity contribution is -0.141. The van der Waals surface area contributed by atoms with Crippen molar-refractivity contribution in [1.82, 2.24) is 10.2 Å². The van der Waals surface area contributed by atoms with E-state index in [9.17, 15) is 9.59 Å². The van der Waals surface area contributed by atoms with E-state index < -0.39 is 5.41 Å². The number of carbonyl (C=O) groups excluding carboxylic acids is 2. The van der Waals surface area contributed by atoms with Crippen LogP contribution in [0.3, 0.4) is 0 Å². The van der Waals surface area contributed by atoms with Crippen molar-refractivity contribution in [2.24, 2.45) is 5.41 Å². The number of carbonyl (C=O) groups is 2. The second-order valence-electron chi connectivity index (χ2n) is 7.79. The van der Waals surface area contributed by atoms with Crippen molar-refractivity contribution in [3.05, 3.63) is 72.8 Å². The summed E-state index contributed by atoms with van der Waals surface area (Å²) in [6.07, 6.45) is 4.41. The van der Waals surface area contributed by atoms with Crippen LogP contribution in [0, 0.1) is 5.41 Å². The summed E-state index contributed by atoms with van der Waals surface area (Å²) in [6.45, 7) is 7.22. The van der Waals surface area contributed by atoms with E-state index in [0.29, 0.717) is 25.9 Å². The van der Waals surface area contributed by atoms with Gasteiger partial charge in [-0.05, 0) is 36.0 Å². The molecule has 0 bridgehead atoms. The van der Waals surface area contributed by atoms with Crippen LogP contribution >= 0.6 is 0 Å². The molecule has 0 spiro atoms. The first-order valence-electron chi connectivity index (χ1n) is 10.4. The minimum absolute atomic E-state index is 0.0122. The predicted molar refractivity (Wildman–Crippen MR) is 117 cm³/mol. The van der Waals surface area contributed by atoms with Crippen LogP contribution in [-0.4, -0.2) is 36.3 Å². The van der Waals surface area contributed by atoms with E-state index in [1.54, 1.807) is 6.08 Å². The van der Waals surface area contributed by atoms with Crippen molar-refractivity contribution >= 4 is 11.8 Å². The van der Waals surface area contributed by atoms with E-state index >= 15 is 0 Å². The molecule has 0 aliphatic carbocycles. The molecule has 3 rings (SSSR count). The summed E-state index contributed by atoms with van der Waals surface area (Å²) in [6, 6.07) is 18.7. The third kappa shape index (κ3) is 4.94. The number of rotatable bonds is 7. The number of benzene rings is 2. The number of likely N-dealkylation sites (tertiary alicyclic amines) is 1. The lowest BCUT2D eigenvalue weighted by Crippen LogP contribution is -2.54. The van der Waals surface area contributed by atoms with E-state index in [-0.39, 0.29) is 11.8 Å². The molecule has 0 aromatic heterocycles. The topological polar surface area (TPSA) is 49.4 Å². The van der Waals surface area contributed by atoms with Gasteiger partial charge in [0.1, 0.15) is 0 Å². The molecule has 2 aromatic rings. The second-order valence-corrected chi connectivity index (χ2v) is 7.79. The fourth-order valence-electron chi connectivity index (χ4n) is 4.17. The summed E-state index contributed by atoms with van der Waals surface area (Å²) in [5.41, 5.74) is 2.85. The lowest BCUT2D eigenvalue weighted by Gasteiger charge is -2.42. The summed E-state index contributed by atoms with van der Waals surface area (Å²) in [7, 11) is 0. The highest BCUT2D eigenvalue weighted by Crippen LogP contribution is 2.35. The van der Waals surface area contributed by atoms with E-state index in [0.717, 1.165) is 30.5 Å². The molecular weight excluding hydrogens is 360 g/mol. The minimum atomic E-state index is -0.597. The molecule has 1 fully saturated rings. The Balaban J connectivity index is 1.84. The zero-order valence-corrected chi connectivity index (χ0v) is 17.2. The number of nitrogens with one attached hydrogen (secondary N) is 1. The van der Waals surface area contributed by atoms with Crippen molar-refractivity contribution in [3.63, 3.8) is 0 Å². The average molecular weight is 391 g/mol. The molecule has 4 nitrogen and oxygen atoms in total. The van der Waals surface area contributed by atoms with E-state index in [2.05, 4.69) is 48.3 Å². The summed E-state index contributed by atoms with van der Waals surface area (Å²) < 4.78 is 0. The molecule has 1 saturated heterocycles. The smallest absolute Gasteiger partial charge is 0.228 e. The molecule has 1 aliphatic heterocycles. The Hall–Kier alpha value is -2.88. The summed E-state index contributed by atoms with van der Waals surface area (Å²) >= 11 is 0. The normalized spacial score (nSPS) is 18.9. The first-order valence-corrected chi connectivity index (χ1v) is 10.4. The number of hydrogen-bond acceptors (Lipinski definition) is 2. The Kier molecular flexibility index (Phi) is 6.86. The van der Waals surface area contributed by atoms with Gasteiger partial charge < -0.3 is 10.2 Å². The maximum absolute atomic E-state index is 13.1. The Labute approximate surface area is 173 Å². The Morgan fingerprint density at radius 1 is 1.10 bits per heavy atom. The van der Waals surface area contributed by atoms with Gasteiger partial charge in [-0.2, -0.15) is 0 Å². The number of nitrogens with zero attached hydrogens (tertiary/aromatic N) is 1. The van der Waals surface area contributed by atoms with Crippen LogP contribution in [0.2, 0.25) is 0 Å². The molecule has 1 atom stereocenters. The van der Waals surface area contributed by atoms with Crippen LogP contribution in [0.4, 0.5) is 0 Å². The first kappa shape index (κ1) is 20.8. The maximum atomic E-state index is 13.1. The third-order valence-electron chi connectivity index (χ3n) is 5.72. The maximum Gasteiger partial charge on any atom is 0.228 e. The highest BCUT2D eigenvalue weighted by molar-refractivity contribution is 5.85. The Morgan fingerprint density at radius 2 is 1.79 bits per heavy atom. The Bertz CT molecular complexity index is 845. The van der Waals surface area contributed by atoms with Crippen molar-refractivity contribution in [1.29, 1.82) is 0 Å². The van der Waals surface area contributed by atoms with Gasteiger partial charge in [0.05, 0.1) is 5.41 Å². The lowest BCUT2D eigenvalue weighted by atomic mass is 9.74. The molecular formula is C25H30N2O2. The van der Waals surface area contributed by atoms with Gasteiger partial charge in [0.2, 0.25) is 11.8 Å². The predicted octanol–water partition coefficient (Wildman–Crippen LogP) is 4.22. The van der Waals surface area contributed by atoms with Crippen molar-refractivity contribution in [2.45, 2.75) is 32.6 Å². The number of hydrogen-bond donors (Lipinski definition) is 1. The molecule has 1 N–H and O–H groups in total. The molecule has 1 aliphatic rings. The van der Waals surface area contributed by atoms with Gasteiger partial charge in [-0.1, -0.05) is 67.6 Å². The standard InChI is InChI=1S/C25H30N2O2/c1-3-16-26-24(29)25(15-8-17-27(19-25)23(28)4-2)18-20-11-13-22(14-12-20)21-9-6-5-7-10-21/h3,5-7,9-14H,1,4,8,15-19H2,2H3,(H,26,29). The largest absolute Gasteiger partial charge is 0.352 e. The summed E-state index contributed by atoms with van der Waals surface area (Å²) in [4.78, 5) is 27.3. The molecule has 4 heteroatoms. The van der Waals surface area contributed by atoms with Gasteiger partial charge in [-0.25, -0.2) is 0 Å². The van der Waals surface area contributed by atoms with Crippen LogP contribution in [-0.2, 0) is 16.0 Å². The highest BCUT2D eigenvalue weighted by atomic mass is 16.2. The van der Waals surface area contributed by atoms with Gasteiger partial charge in [0.25, 0.3) is 0 Å². The van der Waals surface area contributed by atoms with Crippen LogP contribution in [0.15, 0.2) is 67.3 Å². The monoisotopic (exact) mass is 390 g/mol. The fraction of sp³-hybridized carbons (Fsp3) is 0.360. The minimum Gasteiger partial charge on any atom is -0.352 e. The van der Waals surface area contributed by atoms with Gasteiger partial charge in [-0.15, -0.1) is 6.58 Å². The van der Waals surface area contributed by atoms with Crippen molar-refractivity contribution in [3.8, 4) is 11.1 Å². The SMILES string of the molecule is C=CCNC(=O)C1(Cc2ccc(-c3ccccc3)cc2)CCCN(C(=O)CC)C1. The molecule has 2 aromatic carbocycles. The first-order chi connectivity index (χ1) is 14.1. The third-order valence-corrected chi connectivity index (χ3v) is 5.72. The van der Waals surface area contributed by atoms with Gasteiger partial charge in [0.15, 0.2) is 0 Å². The Morgan fingerprint density at radius 3 is 2.45 bits per heavy atom. The van der Waals surface area contributed by atoms with E-state index in [1.165, 1.54) is 5.56 Å². The molecule has 1 heterocycles. The van der Waals surface area contributed by atoms with Crippen molar-refractivity contribution in [2.75, 3.05) is 19.6 Å². The van der Waals surface area contributed by atoms with Gasteiger partial charge >= 0.3 is 0 Å². The van der Waals surface area contributed by atoms with Crippen LogP contribution in [0.25, 0.3) is 11.1 Å². The zero-order valence-electron chi connectivity index (χ0n) is 17.2. The summed E-state index contributed by atoms with van der Waals surface area (Å²) in [5.74, 6) is 0.128. The molecule has 29 heavy (non-hydrogen) atoms. The average Bonchev–Trinajstić information content (AvgIpc) is 2.78. The molecule has 2 amide bonds. The number of piperidine rings is 1. The summed E-state index contributed by atoms with van der Waals surface area (Å²) in [5, 5.41) is 2.98. The van der Waals surface area contributed by atoms with Gasteiger partial charge in [0, 0.05) is 26.1 Å². The van der Waals surface area contributed by atoms with Crippen LogP contribution in [0.5, 0.6) is 0 Å². The molecule has 0 saturated carbocycles. The molecule has 0 radical (unpaired) electrons. The molecule has 152 valence electrons. The highest BCUT2D eigenvalue weighted by Gasteiger charge is 2.43. The fourth-order valence-corrected chi connectivity index (χ4v) is 4.17. The van der Waals surface area contributed by atoms with E-state index in [4.69, 9.17) is 0 Å². The molecule has 1 unspecified atom stereocenters. The second kappa shape index (κ2) is 9.55. The number of amides is 2. The van der Waals surface area contributed by atoms with Crippen LogP contribution in [0.1, 0.15) is 31.7 Å². The van der Waals surface area contributed by atoms with E-state index in [1.807, 2.05) is 30.0 Å². The van der Waals surface area contributed by atoms with Crippen molar-refractivity contribution < 1.29 is 9.59 Å². The van der Waals surface area contributed by atoms with Crippen LogP contribution < -0.4 is 5.32 Å². The zero-order chi connectivity index (χ0) is 20.7. The van der Waals surface area contributed by atoms with Gasteiger partial charge in [-0.3, -0.25) is 9.59 Å².